The highest BCUT2D eigenvalue weighted by atomic mass is 19.1. The van der Waals surface area contributed by atoms with Gasteiger partial charge in [-0.3, -0.25) is 9.59 Å². The minimum Gasteiger partial charge on any atom is -0.495 e. The number of carbonyl (C=O) groups is 2. The van der Waals surface area contributed by atoms with E-state index in [9.17, 15) is 14.0 Å². The molecule has 1 unspecified atom stereocenters. The lowest BCUT2D eigenvalue weighted by molar-refractivity contribution is -0.142. The lowest BCUT2D eigenvalue weighted by Gasteiger charge is -2.34. The number of hydrogen-bond acceptors (Lipinski definition) is 3. The van der Waals surface area contributed by atoms with Gasteiger partial charge in [-0.05, 0) is 42.7 Å². The standard InChI is InChI=1S/C20H21FN2O3/c1-26-18-7-3-2-5-16(18)22-20(25)17-6-4-8-19(24)23(17)13-14-9-11-15(21)12-10-14/h2-3,5,7,9-12,17H,4,6,8,13H2,1H3,(H,22,25). The van der Waals surface area contributed by atoms with Crippen molar-refractivity contribution in [3.05, 3.63) is 59.9 Å². The van der Waals surface area contributed by atoms with Crippen LogP contribution in [0.2, 0.25) is 0 Å². The molecule has 6 heteroatoms. The number of anilines is 1. The molecule has 0 aliphatic carbocycles. The number of benzene rings is 2. The molecule has 2 aromatic rings. The predicted octanol–water partition coefficient (Wildman–Crippen LogP) is 3.35. The van der Waals surface area contributed by atoms with Crippen LogP contribution in [-0.2, 0) is 16.1 Å². The second-order valence-electron chi connectivity index (χ2n) is 6.25. The molecule has 1 aliphatic heterocycles. The molecule has 136 valence electrons. The highest BCUT2D eigenvalue weighted by Gasteiger charge is 2.33. The summed E-state index contributed by atoms with van der Waals surface area (Å²) in [6.45, 7) is 0.281. The van der Waals surface area contributed by atoms with E-state index >= 15 is 0 Å². The molecule has 2 aromatic carbocycles. The van der Waals surface area contributed by atoms with Gasteiger partial charge in [0.25, 0.3) is 0 Å². The zero-order valence-corrected chi connectivity index (χ0v) is 14.6. The van der Waals surface area contributed by atoms with Crippen LogP contribution in [0.4, 0.5) is 10.1 Å². The number of methoxy groups -OCH3 is 1. The molecule has 0 bridgehead atoms. The Morgan fingerprint density at radius 3 is 2.69 bits per heavy atom. The number of carbonyl (C=O) groups excluding carboxylic acids is 2. The van der Waals surface area contributed by atoms with Crippen LogP contribution in [0.5, 0.6) is 5.75 Å². The first-order valence-corrected chi connectivity index (χ1v) is 8.56. The summed E-state index contributed by atoms with van der Waals surface area (Å²) in [5.41, 5.74) is 1.36. The monoisotopic (exact) mass is 356 g/mol. The van der Waals surface area contributed by atoms with E-state index in [-0.39, 0.29) is 24.2 Å². The lowest BCUT2D eigenvalue weighted by Crippen LogP contribution is -2.49. The van der Waals surface area contributed by atoms with Gasteiger partial charge in [0, 0.05) is 13.0 Å². The highest BCUT2D eigenvalue weighted by molar-refractivity contribution is 5.98. The van der Waals surface area contributed by atoms with Crippen molar-refractivity contribution >= 4 is 17.5 Å². The molecular weight excluding hydrogens is 335 g/mol. The summed E-state index contributed by atoms with van der Waals surface area (Å²) in [6.07, 6.45) is 1.68. The van der Waals surface area contributed by atoms with Gasteiger partial charge in [-0.15, -0.1) is 0 Å². The smallest absolute Gasteiger partial charge is 0.247 e. The van der Waals surface area contributed by atoms with E-state index < -0.39 is 6.04 Å². The van der Waals surface area contributed by atoms with Crippen molar-refractivity contribution in [2.75, 3.05) is 12.4 Å². The SMILES string of the molecule is COc1ccccc1NC(=O)C1CCCC(=O)N1Cc1ccc(F)cc1. The Morgan fingerprint density at radius 2 is 1.96 bits per heavy atom. The maximum Gasteiger partial charge on any atom is 0.247 e. The molecule has 3 rings (SSSR count). The number of hydrogen-bond donors (Lipinski definition) is 1. The molecular formula is C20H21FN2O3. The molecule has 0 aromatic heterocycles. The summed E-state index contributed by atoms with van der Waals surface area (Å²) < 4.78 is 18.4. The molecule has 0 saturated carbocycles. The van der Waals surface area contributed by atoms with E-state index in [1.165, 1.54) is 19.2 Å². The lowest BCUT2D eigenvalue weighted by atomic mass is 9.99. The third kappa shape index (κ3) is 4.02. The Bertz CT molecular complexity index is 792. The molecule has 0 radical (unpaired) electrons. The Morgan fingerprint density at radius 1 is 1.23 bits per heavy atom. The topological polar surface area (TPSA) is 58.6 Å². The average Bonchev–Trinajstić information content (AvgIpc) is 2.65. The van der Waals surface area contributed by atoms with Crippen LogP contribution in [0, 0.1) is 5.82 Å². The van der Waals surface area contributed by atoms with E-state index in [0.717, 1.165) is 5.56 Å². The van der Waals surface area contributed by atoms with Gasteiger partial charge in [-0.2, -0.15) is 0 Å². The van der Waals surface area contributed by atoms with Gasteiger partial charge < -0.3 is 15.0 Å². The first kappa shape index (κ1) is 17.9. The second-order valence-corrected chi connectivity index (χ2v) is 6.25. The van der Waals surface area contributed by atoms with E-state index in [1.807, 2.05) is 6.07 Å². The highest BCUT2D eigenvalue weighted by Crippen LogP contribution is 2.26. The minimum atomic E-state index is -0.564. The molecule has 5 nitrogen and oxygen atoms in total. The van der Waals surface area contributed by atoms with Crippen molar-refractivity contribution in [3.63, 3.8) is 0 Å². The van der Waals surface area contributed by atoms with E-state index in [0.29, 0.717) is 30.7 Å². The molecule has 1 heterocycles. The number of nitrogens with zero attached hydrogens (tertiary/aromatic N) is 1. The number of ether oxygens (including phenoxy) is 1. The summed E-state index contributed by atoms with van der Waals surface area (Å²) in [6, 6.07) is 12.6. The predicted molar refractivity (Wildman–Crippen MR) is 96.2 cm³/mol. The molecule has 0 spiro atoms. The summed E-state index contributed by atoms with van der Waals surface area (Å²) in [4.78, 5) is 26.8. The van der Waals surface area contributed by atoms with Crippen LogP contribution in [0.1, 0.15) is 24.8 Å². The number of amides is 2. The number of piperidine rings is 1. The Hall–Kier alpha value is -2.89. The Labute approximate surface area is 151 Å². The molecule has 1 N–H and O–H groups in total. The van der Waals surface area contributed by atoms with E-state index in [2.05, 4.69) is 5.32 Å². The first-order chi connectivity index (χ1) is 12.6. The van der Waals surface area contributed by atoms with Crippen molar-refractivity contribution < 1.29 is 18.7 Å². The zero-order chi connectivity index (χ0) is 18.5. The fourth-order valence-electron chi connectivity index (χ4n) is 3.14. The van der Waals surface area contributed by atoms with Crippen molar-refractivity contribution in [1.29, 1.82) is 0 Å². The fourth-order valence-corrected chi connectivity index (χ4v) is 3.14. The second kappa shape index (κ2) is 7.99. The van der Waals surface area contributed by atoms with Gasteiger partial charge in [0.1, 0.15) is 17.6 Å². The van der Waals surface area contributed by atoms with Crippen LogP contribution in [0.15, 0.2) is 48.5 Å². The van der Waals surface area contributed by atoms with Crippen LogP contribution < -0.4 is 10.1 Å². The van der Waals surface area contributed by atoms with Gasteiger partial charge in [0.2, 0.25) is 11.8 Å². The van der Waals surface area contributed by atoms with Crippen LogP contribution >= 0.6 is 0 Å². The Kier molecular flexibility index (Phi) is 5.51. The quantitative estimate of drug-likeness (QED) is 0.894. The normalized spacial score (nSPS) is 17.1. The van der Waals surface area contributed by atoms with Gasteiger partial charge in [-0.1, -0.05) is 24.3 Å². The van der Waals surface area contributed by atoms with Gasteiger partial charge in [0.05, 0.1) is 12.8 Å². The van der Waals surface area contributed by atoms with Crippen molar-refractivity contribution in [1.82, 2.24) is 4.90 Å². The van der Waals surface area contributed by atoms with E-state index in [1.54, 1.807) is 35.2 Å². The van der Waals surface area contributed by atoms with Crippen molar-refractivity contribution in [3.8, 4) is 5.75 Å². The summed E-state index contributed by atoms with van der Waals surface area (Å²) in [5.74, 6) is -0.0809. The van der Waals surface area contributed by atoms with Crippen LogP contribution in [-0.4, -0.2) is 29.9 Å². The summed E-state index contributed by atoms with van der Waals surface area (Å²) in [7, 11) is 1.54. The Balaban J connectivity index is 1.77. The third-order valence-electron chi connectivity index (χ3n) is 4.50. The number of likely N-dealkylation sites (tertiary alicyclic amines) is 1. The molecule has 1 saturated heterocycles. The van der Waals surface area contributed by atoms with Crippen molar-refractivity contribution in [2.45, 2.75) is 31.8 Å². The number of nitrogens with one attached hydrogen (secondary N) is 1. The maximum absolute atomic E-state index is 13.1. The van der Waals surface area contributed by atoms with Gasteiger partial charge in [-0.25, -0.2) is 4.39 Å². The van der Waals surface area contributed by atoms with Crippen molar-refractivity contribution in [2.24, 2.45) is 0 Å². The summed E-state index contributed by atoms with van der Waals surface area (Å²) >= 11 is 0. The first-order valence-electron chi connectivity index (χ1n) is 8.56. The largest absolute Gasteiger partial charge is 0.495 e. The molecule has 1 fully saturated rings. The van der Waals surface area contributed by atoms with Gasteiger partial charge >= 0.3 is 0 Å². The van der Waals surface area contributed by atoms with E-state index in [4.69, 9.17) is 4.74 Å². The zero-order valence-electron chi connectivity index (χ0n) is 14.6. The molecule has 1 aliphatic rings. The molecule has 26 heavy (non-hydrogen) atoms. The van der Waals surface area contributed by atoms with Crippen LogP contribution in [0.25, 0.3) is 0 Å². The van der Waals surface area contributed by atoms with Gasteiger partial charge in [0.15, 0.2) is 0 Å². The maximum atomic E-state index is 13.1. The molecule has 2 amide bonds. The number of rotatable bonds is 5. The third-order valence-corrected chi connectivity index (χ3v) is 4.50. The average molecular weight is 356 g/mol. The molecule has 1 atom stereocenters. The minimum absolute atomic E-state index is 0.0687. The number of para-hydroxylation sites is 2. The fraction of sp³-hybridized carbons (Fsp3) is 0.300. The van der Waals surface area contributed by atoms with Crippen LogP contribution in [0.3, 0.4) is 0 Å². The number of halogens is 1. The summed E-state index contributed by atoms with van der Waals surface area (Å²) in [5, 5.41) is 2.86.